The highest BCUT2D eigenvalue weighted by molar-refractivity contribution is 7.88. The van der Waals surface area contributed by atoms with Crippen LogP contribution in [-0.2, 0) is 10.0 Å². The Morgan fingerprint density at radius 1 is 1.43 bits per heavy atom. The summed E-state index contributed by atoms with van der Waals surface area (Å²) in [4.78, 5) is 12.4. The average molecular weight is 313 g/mol. The first kappa shape index (κ1) is 15.7. The summed E-state index contributed by atoms with van der Waals surface area (Å²) in [7, 11) is -3.22. The SMILES string of the molecule is Cc1cc([N+](=O)[O-])ccc1N1CCC[C@@H](NS(C)(=O)=O)C1. The molecule has 8 heteroatoms. The Kier molecular flexibility index (Phi) is 4.48. The molecule has 1 heterocycles. The van der Waals surface area contributed by atoms with E-state index < -0.39 is 14.9 Å². The van der Waals surface area contributed by atoms with E-state index in [1.165, 1.54) is 6.07 Å². The summed E-state index contributed by atoms with van der Waals surface area (Å²) >= 11 is 0. The minimum Gasteiger partial charge on any atom is -0.370 e. The van der Waals surface area contributed by atoms with Crippen LogP contribution in [0.2, 0.25) is 0 Å². The van der Waals surface area contributed by atoms with E-state index in [1.807, 2.05) is 6.92 Å². The monoisotopic (exact) mass is 313 g/mol. The molecule has 7 nitrogen and oxygen atoms in total. The Morgan fingerprint density at radius 3 is 2.71 bits per heavy atom. The van der Waals surface area contributed by atoms with E-state index in [4.69, 9.17) is 0 Å². The molecule has 0 bridgehead atoms. The van der Waals surface area contributed by atoms with E-state index in [9.17, 15) is 18.5 Å². The molecule has 0 radical (unpaired) electrons. The Balaban J connectivity index is 2.16. The van der Waals surface area contributed by atoms with Crippen LogP contribution >= 0.6 is 0 Å². The number of nitrogens with one attached hydrogen (secondary N) is 1. The number of nitro groups is 1. The van der Waals surface area contributed by atoms with Crippen molar-refractivity contribution in [3.8, 4) is 0 Å². The number of sulfonamides is 1. The number of aryl methyl sites for hydroxylation is 1. The van der Waals surface area contributed by atoms with Gasteiger partial charge in [-0.2, -0.15) is 0 Å². The van der Waals surface area contributed by atoms with Gasteiger partial charge in [-0.1, -0.05) is 0 Å². The smallest absolute Gasteiger partial charge is 0.269 e. The molecule has 0 unspecified atom stereocenters. The lowest BCUT2D eigenvalue weighted by Gasteiger charge is -2.35. The van der Waals surface area contributed by atoms with Gasteiger partial charge in [-0.3, -0.25) is 10.1 Å². The minimum atomic E-state index is -3.22. The normalized spacial score (nSPS) is 19.5. The number of piperidine rings is 1. The molecule has 1 aliphatic heterocycles. The molecule has 1 atom stereocenters. The number of anilines is 1. The zero-order chi connectivity index (χ0) is 15.6. The van der Waals surface area contributed by atoms with Gasteiger partial charge in [-0.15, -0.1) is 0 Å². The van der Waals surface area contributed by atoms with E-state index in [2.05, 4.69) is 9.62 Å². The maximum Gasteiger partial charge on any atom is 0.269 e. The van der Waals surface area contributed by atoms with Crippen LogP contribution in [0.1, 0.15) is 18.4 Å². The molecule has 116 valence electrons. The largest absolute Gasteiger partial charge is 0.370 e. The second kappa shape index (κ2) is 5.98. The quantitative estimate of drug-likeness (QED) is 0.670. The summed E-state index contributed by atoms with van der Waals surface area (Å²) in [6.45, 7) is 3.22. The highest BCUT2D eigenvalue weighted by Gasteiger charge is 2.24. The summed E-state index contributed by atoms with van der Waals surface area (Å²) < 4.78 is 25.3. The van der Waals surface area contributed by atoms with E-state index in [0.717, 1.165) is 36.9 Å². The van der Waals surface area contributed by atoms with Gasteiger partial charge in [0, 0.05) is 37.0 Å². The van der Waals surface area contributed by atoms with Crippen LogP contribution in [0.4, 0.5) is 11.4 Å². The Labute approximate surface area is 124 Å². The van der Waals surface area contributed by atoms with Gasteiger partial charge in [0.25, 0.3) is 5.69 Å². The molecule has 1 aliphatic rings. The summed E-state index contributed by atoms with van der Waals surface area (Å²) in [6.07, 6.45) is 2.84. The fourth-order valence-corrected chi connectivity index (χ4v) is 3.50. The number of benzene rings is 1. The van der Waals surface area contributed by atoms with Crippen LogP contribution in [0, 0.1) is 17.0 Å². The molecule has 1 saturated heterocycles. The number of rotatable bonds is 4. The van der Waals surface area contributed by atoms with Crippen LogP contribution < -0.4 is 9.62 Å². The predicted octanol–water partition coefficient (Wildman–Crippen LogP) is 1.42. The molecule has 0 saturated carbocycles. The first-order valence-corrected chi connectivity index (χ1v) is 8.63. The average Bonchev–Trinajstić information content (AvgIpc) is 2.36. The molecule has 1 fully saturated rings. The highest BCUT2D eigenvalue weighted by atomic mass is 32.2. The molecule has 1 N–H and O–H groups in total. The van der Waals surface area contributed by atoms with Crippen molar-refractivity contribution in [1.82, 2.24) is 4.72 Å². The van der Waals surface area contributed by atoms with Crippen molar-refractivity contribution < 1.29 is 13.3 Å². The minimum absolute atomic E-state index is 0.0686. The zero-order valence-corrected chi connectivity index (χ0v) is 12.9. The van der Waals surface area contributed by atoms with Gasteiger partial charge >= 0.3 is 0 Å². The number of nitrogens with zero attached hydrogens (tertiary/aromatic N) is 2. The van der Waals surface area contributed by atoms with Gasteiger partial charge in [-0.05, 0) is 31.4 Å². The third kappa shape index (κ3) is 4.15. The molecule has 1 aromatic rings. The Morgan fingerprint density at radius 2 is 2.14 bits per heavy atom. The van der Waals surface area contributed by atoms with Crippen molar-refractivity contribution in [3.05, 3.63) is 33.9 Å². The fraction of sp³-hybridized carbons (Fsp3) is 0.538. The predicted molar refractivity (Wildman–Crippen MR) is 81.0 cm³/mol. The van der Waals surface area contributed by atoms with E-state index in [-0.39, 0.29) is 11.7 Å². The summed E-state index contributed by atoms with van der Waals surface area (Å²) in [5, 5.41) is 10.8. The number of non-ortho nitro benzene ring substituents is 1. The number of hydrogen-bond acceptors (Lipinski definition) is 5. The summed E-state index contributed by atoms with van der Waals surface area (Å²) in [5.74, 6) is 0. The lowest BCUT2D eigenvalue weighted by atomic mass is 10.0. The van der Waals surface area contributed by atoms with Crippen molar-refractivity contribution in [2.24, 2.45) is 0 Å². The lowest BCUT2D eigenvalue weighted by molar-refractivity contribution is -0.384. The van der Waals surface area contributed by atoms with Crippen LogP contribution in [0.25, 0.3) is 0 Å². The first-order chi connectivity index (χ1) is 9.76. The number of hydrogen-bond donors (Lipinski definition) is 1. The fourth-order valence-electron chi connectivity index (χ4n) is 2.70. The van der Waals surface area contributed by atoms with E-state index in [0.29, 0.717) is 6.54 Å². The molecule has 1 aromatic carbocycles. The molecule has 0 spiro atoms. The zero-order valence-electron chi connectivity index (χ0n) is 12.1. The second-order valence-corrected chi connectivity index (χ2v) is 7.18. The van der Waals surface area contributed by atoms with Crippen molar-refractivity contribution in [2.45, 2.75) is 25.8 Å². The maximum atomic E-state index is 11.3. The molecule has 0 aromatic heterocycles. The third-order valence-corrected chi connectivity index (χ3v) is 4.30. The van der Waals surface area contributed by atoms with Crippen LogP contribution in [0.5, 0.6) is 0 Å². The van der Waals surface area contributed by atoms with Crippen molar-refractivity contribution in [2.75, 3.05) is 24.2 Å². The van der Waals surface area contributed by atoms with Crippen LogP contribution in [0.3, 0.4) is 0 Å². The molecule has 0 aliphatic carbocycles. The third-order valence-electron chi connectivity index (χ3n) is 3.53. The van der Waals surface area contributed by atoms with Crippen LogP contribution in [-0.4, -0.2) is 38.7 Å². The maximum absolute atomic E-state index is 11.3. The molecular formula is C13H19N3O4S. The standard InChI is InChI=1S/C13H19N3O4S/c1-10-8-12(16(17)18)5-6-13(10)15-7-3-4-11(9-15)14-21(2,19)20/h5-6,8,11,14H,3-4,7,9H2,1-2H3/t11-/m1/s1. The Bertz CT molecular complexity index is 645. The van der Waals surface area contributed by atoms with Crippen molar-refractivity contribution >= 4 is 21.4 Å². The van der Waals surface area contributed by atoms with Gasteiger partial charge in [0.2, 0.25) is 10.0 Å². The molecular weight excluding hydrogens is 294 g/mol. The second-order valence-electron chi connectivity index (χ2n) is 5.40. The lowest BCUT2D eigenvalue weighted by Crippen LogP contribution is -2.47. The number of nitro benzene ring substituents is 1. The first-order valence-electron chi connectivity index (χ1n) is 6.73. The Hall–Kier alpha value is -1.67. The van der Waals surface area contributed by atoms with Gasteiger partial charge in [0.1, 0.15) is 0 Å². The highest BCUT2D eigenvalue weighted by Crippen LogP contribution is 2.27. The summed E-state index contributed by atoms with van der Waals surface area (Å²) in [6, 6.07) is 4.64. The van der Waals surface area contributed by atoms with Gasteiger partial charge in [0.05, 0.1) is 11.2 Å². The molecule has 0 amide bonds. The van der Waals surface area contributed by atoms with Crippen LogP contribution in [0.15, 0.2) is 18.2 Å². The van der Waals surface area contributed by atoms with E-state index >= 15 is 0 Å². The van der Waals surface area contributed by atoms with E-state index in [1.54, 1.807) is 12.1 Å². The molecule has 2 rings (SSSR count). The van der Waals surface area contributed by atoms with Crippen molar-refractivity contribution in [1.29, 1.82) is 0 Å². The topological polar surface area (TPSA) is 92.6 Å². The van der Waals surface area contributed by atoms with Crippen molar-refractivity contribution in [3.63, 3.8) is 0 Å². The van der Waals surface area contributed by atoms with Gasteiger partial charge in [0.15, 0.2) is 0 Å². The van der Waals surface area contributed by atoms with Gasteiger partial charge < -0.3 is 4.90 Å². The van der Waals surface area contributed by atoms with Gasteiger partial charge in [-0.25, -0.2) is 13.1 Å². The molecule has 21 heavy (non-hydrogen) atoms. The summed E-state index contributed by atoms with van der Waals surface area (Å²) in [5.41, 5.74) is 1.81.